The summed E-state index contributed by atoms with van der Waals surface area (Å²) in [5, 5.41) is 16.7. The zero-order valence-corrected chi connectivity index (χ0v) is 15.3. The number of nitrogens with one attached hydrogen (secondary N) is 2. The Bertz CT molecular complexity index is 724. The van der Waals surface area contributed by atoms with Gasteiger partial charge in [-0.3, -0.25) is 9.78 Å². The lowest BCUT2D eigenvalue weighted by Gasteiger charge is -2.16. The van der Waals surface area contributed by atoms with Crippen LogP contribution in [0, 0.1) is 6.92 Å². The molecule has 132 valence electrons. The second kappa shape index (κ2) is 8.62. The molecule has 5 nitrogen and oxygen atoms in total. The maximum atomic E-state index is 12.6. The average molecular weight is 372 g/mol. The first-order valence-corrected chi connectivity index (χ1v) is 7.68. The molecule has 0 spiro atoms. The van der Waals surface area contributed by atoms with E-state index in [-0.39, 0.29) is 36.8 Å². The number of aromatic nitrogens is 1. The molecule has 0 radical (unpaired) electrons. The zero-order chi connectivity index (χ0) is 15.7. The van der Waals surface area contributed by atoms with Gasteiger partial charge < -0.3 is 15.7 Å². The van der Waals surface area contributed by atoms with Gasteiger partial charge >= 0.3 is 0 Å². The number of nitrogens with zero attached hydrogens (tertiary/aromatic N) is 1. The molecule has 0 saturated carbocycles. The highest BCUT2D eigenvalue weighted by Gasteiger charge is 2.27. The van der Waals surface area contributed by atoms with Crippen LogP contribution in [-0.4, -0.2) is 41.2 Å². The molecule has 1 fully saturated rings. The van der Waals surface area contributed by atoms with Crippen molar-refractivity contribution in [3.8, 4) is 0 Å². The number of halogens is 2. The van der Waals surface area contributed by atoms with E-state index in [1.807, 2.05) is 31.2 Å². The Morgan fingerprint density at radius 3 is 2.71 bits per heavy atom. The molecule has 2 aromatic rings. The number of benzene rings is 1. The number of carbonyl (C=O) groups is 1. The van der Waals surface area contributed by atoms with Gasteiger partial charge in [-0.1, -0.05) is 13.0 Å². The summed E-state index contributed by atoms with van der Waals surface area (Å²) in [6.07, 6.45) is 0.375. The molecule has 1 aromatic heterocycles. The topological polar surface area (TPSA) is 74.2 Å². The first-order chi connectivity index (χ1) is 10.6. The molecule has 0 bridgehead atoms. The number of β-amino-alcohol motifs (C(OH)–C–C–N with tert-alkyl or cyclic N) is 1. The number of pyridine rings is 1. The minimum atomic E-state index is -0.538. The number of carbonyl (C=O) groups excluding carboxylic acids is 1. The Morgan fingerprint density at radius 1 is 1.33 bits per heavy atom. The van der Waals surface area contributed by atoms with Crippen molar-refractivity contribution in [2.45, 2.75) is 32.4 Å². The van der Waals surface area contributed by atoms with Crippen LogP contribution in [0.5, 0.6) is 0 Å². The fraction of sp³-hybridized carbons (Fsp3) is 0.412. The van der Waals surface area contributed by atoms with Crippen LogP contribution >= 0.6 is 24.8 Å². The molecule has 2 heterocycles. The summed E-state index contributed by atoms with van der Waals surface area (Å²) in [6.45, 7) is 5.08. The number of aliphatic hydroxyl groups excluding tert-OH is 1. The van der Waals surface area contributed by atoms with E-state index in [4.69, 9.17) is 0 Å². The van der Waals surface area contributed by atoms with E-state index in [1.54, 1.807) is 0 Å². The second-order valence-electron chi connectivity index (χ2n) is 5.82. The molecular weight excluding hydrogens is 349 g/mol. The second-order valence-corrected chi connectivity index (χ2v) is 5.82. The number of aryl methyl sites for hydroxylation is 2. The third-order valence-corrected chi connectivity index (χ3v) is 4.15. The molecule has 0 unspecified atom stereocenters. The van der Waals surface area contributed by atoms with Gasteiger partial charge in [-0.15, -0.1) is 24.8 Å². The summed E-state index contributed by atoms with van der Waals surface area (Å²) in [6, 6.07) is 7.60. The summed E-state index contributed by atoms with van der Waals surface area (Å²) in [5.74, 6) is -0.156. The fourth-order valence-electron chi connectivity index (χ4n) is 2.87. The Balaban J connectivity index is 0.00000144. The van der Waals surface area contributed by atoms with Crippen molar-refractivity contribution in [3.05, 3.63) is 41.1 Å². The van der Waals surface area contributed by atoms with Gasteiger partial charge in [-0.25, -0.2) is 0 Å². The first-order valence-electron chi connectivity index (χ1n) is 7.68. The van der Waals surface area contributed by atoms with E-state index in [9.17, 15) is 9.90 Å². The third kappa shape index (κ3) is 4.16. The van der Waals surface area contributed by atoms with Crippen molar-refractivity contribution in [3.63, 3.8) is 0 Å². The highest BCUT2D eigenvalue weighted by atomic mass is 35.5. The Hall–Kier alpha value is -1.40. The van der Waals surface area contributed by atoms with Gasteiger partial charge in [0.25, 0.3) is 5.91 Å². The van der Waals surface area contributed by atoms with E-state index in [0.717, 1.165) is 23.0 Å². The van der Waals surface area contributed by atoms with Gasteiger partial charge in [-0.2, -0.15) is 0 Å². The molecule has 7 heteroatoms. The lowest BCUT2D eigenvalue weighted by Crippen LogP contribution is -2.42. The summed E-state index contributed by atoms with van der Waals surface area (Å²) < 4.78 is 0. The maximum Gasteiger partial charge on any atom is 0.252 e. The van der Waals surface area contributed by atoms with Gasteiger partial charge in [0.15, 0.2) is 0 Å². The van der Waals surface area contributed by atoms with Crippen LogP contribution in [0.4, 0.5) is 0 Å². The normalized spacial score (nSPS) is 19.5. The fourth-order valence-corrected chi connectivity index (χ4v) is 2.87. The van der Waals surface area contributed by atoms with E-state index in [0.29, 0.717) is 18.7 Å². The van der Waals surface area contributed by atoms with Crippen LogP contribution in [0.2, 0.25) is 0 Å². The number of hydrogen-bond acceptors (Lipinski definition) is 4. The highest BCUT2D eigenvalue weighted by Crippen LogP contribution is 2.21. The molecule has 0 aliphatic carbocycles. The van der Waals surface area contributed by atoms with Crippen LogP contribution in [0.3, 0.4) is 0 Å². The number of rotatable bonds is 3. The predicted octanol–water partition coefficient (Wildman–Crippen LogP) is 2.01. The molecule has 3 rings (SSSR count). The van der Waals surface area contributed by atoms with Gasteiger partial charge in [0.05, 0.1) is 23.2 Å². The molecule has 1 amide bonds. The molecule has 1 saturated heterocycles. The van der Waals surface area contributed by atoms with E-state index < -0.39 is 6.10 Å². The molecule has 2 atom stereocenters. The smallest absolute Gasteiger partial charge is 0.252 e. The number of fused-ring (bicyclic) bond motifs is 1. The van der Waals surface area contributed by atoms with Crippen LogP contribution in [0.25, 0.3) is 10.9 Å². The largest absolute Gasteiger partial charge is 0.390 e. The van der Waals surface area contributed by atoms with Crippen LogP contribution < -0.4 is 10.6 Å². The van der Waals surface area contributed by atoms with Crippen molar-refractivity contribution < 1.29 is 9.90 Å². The standard InChI is InChI=1S/C17H21N3O2.2ClH/c1-3-11-4-5-14-12(7-11)13(6-10(2)19-14)17(22)20-15-8-18-9-16(15)21;;/h4-7,15-16,18,21H,3,8-9H2,1-2H3,(H,20,22);2*1H/t15-,16-;;/m1../s1. The van der Waals surface area contributed by atoms with Crippen molar-refractivity contribution in [2.75, 3.05) is 13.1 Å². The van der Waals surface area contributed by atoms with Crippen molar-refractivity contribution in [1.82, 2.24) is 15.6 Å². The van der Waals surface area contributed by atoms with Gasteiger partial charge in [0, 0.05) is 24.2 Å². The van der Waals surface area contributed by atoms with E-state index in [2.05, 4.69) is 22.5 Å². The zero-order valence-electron chi connectivity index (χ0n) is 13.7. The van der Waals surface area contributed by atoms with Crippen molar-refractivity contribution in [1.29, 1.82) is 0 Å². The lowest BCUT2D eigenvalue weighted by molar-refractivity contribution is 0.0890. The summed E-state index contributed by atoms with van der Waals surface area (Å²) in [4.78, 5) is 17.1. The Labute approximate surface area is 154 Å². The van der Waals surface area contributed by atoms with E-state index in [1.165, 1.54) is 5.56 Å². The molecule has 1 aromatic carbocycles. The van der Waals surface area contributed by atoms with Gasteiger partial charge in [0.2, 0.25) is 0 Å². The number of amides is 1. The maximum absolute atomic E-state index is 12.6. The monoisotopic (exact) mass is 371 g/mol. The molecule has 3 N–H and O–H groups in total. The van der Waals surface area contributed by atoms with E-state index >= 15 is 0 Å². The minimum absolute atomic E-state index is 0. The quantitative estimate of drug-likeness (QED) is 0.771. The molecular formula is C17H23Cl2N3O2. The van der Waals surface area contributed by atoms with Gasteiger partial charge in [0.1, 0.15) is 0 Å². The van der Waals surface area contributed by atoms with Crippen LogP contribution in [-0.2, 0) is 6.42 Å². The highest BCUT2D eigenvalue weighted by molar-refractivity contribution is 6.06. The Morgan fingerprint density at radius 2 is 2.08 bits per heavy atom. The summed E-state index contributed by atoms with van der Waals surface area (Å²) in [7, 11) is 0. The Kier molecular flexibility index (Phi) is 7.42. The van der Waals surface area contributed by atoms with Crippen LogP contribution in [0.15, 0.2) is 24.3 Å². The number of hydrogen-bond donors (Lipinski definition) is 3. The third-order valence-electron chi connectivity index (χ3n) is 4.15. The molecule has 24 heavy (non-hydrogen) atoms. The predicted molar refractivity (Wildman–Crippen MR) is 100 cm³/mol. The SMILES string of the molecule is CCc1ccc2nc(C)cc(C(=O)N[C@@H]3CNC[C@H]3O)c2c1.Cl.Cl. The van der Waals surface area contributed by atoms with Crippen molar-refractivity contribution in [2.24, 2.45) is 0 Å². The molecule has 1 aliphatic heterocycles. The van der Waals surface area contributed by atoms with Crippen LogP contribution in [0.1, 0.15) is 28.5 Å². The van der Waals surface area contributed by atoms with Crippen molar-refractivity contribution >= 4 is 41.6 Å². The average Bonchev–Trinajstić information content (AvgIpc) is 2.91. The minimum Gasteiger partial charge on any atom is -0.390 e. The summed E-state index contributed by atoms with van der Waals surface area (Å²) in [5.41, 5.74) is 3.44. The molecule has 1 aliphatic rings. The number of aliphatic hydroxyl groups is 1. The van der Waals surface area contributed by atoms with Gasteiger partial charge in [-0.05, 0) is 37.1 Å². The summed E-state index contributed by atoms with van der Waals surface area (Å²) >= 11 is 0. The lowest BCUT2D eigenvalue weighted by atomic mass is 10.0. The first kappa shape index (κ1) is 20.6.